The van der Waals surface area contributed by atoms with Crippen molar-refractivity contribution in [2.75, 3.05) is 21.3 Å². The van der Waals surface area contributed by atoms with Crippen LogP contribution in [0.4, 0.5) is 0 Å². The topological polar surface area (TPSA) is 65.0 Å². The number of phenols is 1. The molecule has 1 N–H and O–H groups in total. The van der Waals surface area contributed by atoms with Gasteiger partial charge in [-0.3, -0.25) is 4.79 Å². The highest BCUT2D eigenvalue weighted by molar-refractivity contribution is 5.82. The fourth-order valence-corrected chi connectivity index (χ4v) is 2.82. The summed E-state index contributed by atoms with van der Waals surface area (Å²) in [5.74, 6) is 1.73. The van der Waals surface area contributed by atoms with E-state index >= 15 is 0 Å². The Labute approximate surface area is 165 Å². The van der Waals surface area contributed by atoms with Crippen molar-refractivity contribution >= 4 is 18.4 Å². The van der Waals surface area contributed by atoms with E-state index < -0.39 is 0 Å². The lowest BCUT2D eigenvalue weighted by Gasteiger charge is -2.13. The van der Waals surface area contributed by atoms with Crippen LogP contribution in [0, 0.1) is 0 Å². The first-order valence-corrected chi connectivity index (χ1v) is 8.86. The van der Waals surface area contributed by atoms with E-state index in [1.54, 1.807) is 33.5 Å². The summed E-state index contributed by atoms with van der Waals surface area (Å²) in [6.45, 7) is 3.96. The maximum atomic E-state index is 11.5. The summed E-state index contributed by atoms with van der Waals surface area (Å²) in [4.78, 5) is 11.5. The molecule has 0 unspecified atom stereocenters. The van der Waals surface area contributed by atoms with Gasteiger partial charge in [0.2, 0.25) is 5.75 Å². The fraction of sp³-hybridized carbons (Fsp3) is 0.261. The van der Waals surface area contributed by atoms with Crippen molar-refractivity contribution in [3.05, 3.63) is 58.2 Å². The van der Waals surface area contributed by atoms with Gasteiger partial charge in [0.1, 0.15) is 12.0 Å². The highest BCUT2D eigenvalue weighted by Crippen LogP contribution is 2.38. The molecule has 0 spiro atoms. The summed E-state index contributed by atoms with van der Waals surface area (Å²) in [6.07, 6.45) is 6.93. The largest absolute Gasteiger partial charge is 0.508 e. The van der Waals surface area contributed by atoms with E-state index in [4.69, 9.17) is 14.2 Å². The molecule has 0 saturated heterocycles. The van der Waals surface area contributed by atoms with Crippen LogP contribution >= 0.6 is 0 Å². The van der Waals surface area contributed by atoms with Crippen LogP contribution in [0.25, 0.3) is 12.2 Å². The minimum absolute atomic E-state index is 0.103. The molecular weight excluding hydrogens is 356 g/mol. The molecule has 0 heterocycles. The van der Waals surface area contributed by atoms with Gasteiger partial charge >= 0.3 is 0 Å². The van der Waals surface area contributed by atoms with Gasteiger partial charge in [-0.1, -0.05) is 23.8 Å². The maximum absolute atomic E-state index is 11.5. The van der Waals surface area contributed by atoms with E-state index in [1.807, 2.05) is 44.2 Å². The van der Waals surface area contributed by atoms with Crippen molar-refractivity contribution in [3.8, 4) is 23.0 Å². The molecule has 0 saturated carbocycles. The first kappa shape index (κ1) is 21.1. The van der Waals surface area contributed by atoms with E-state index in [2.05, 4.69) is 0 Å². The van der Waals surface area contributed by atoms with Gasteiger partial charge in [0.15, 0.2) is 11.5 Å². The van der Waals surface area contributed by atoms with Gasteiger partial charge in [0.25, 0.3) is 0 Å². The Hall–Kier alpha value is -3.21. The molecule has 148 valence electrons. The number of benzene rings is 2. The van der Waals surface area contributed by atoms with Crippen LogP contribution in [-0.2, 0) is 6.42 Å². The Balaban J connectivity index is 2.40. The predicted molar refractivity (Wildman–Crippen MR) is 112 cm³/mol. The molecule has 0 bridgehead atoms. The molecule has 2 aromatic carbocycles. The number of rotatable bonds is 8. The molecule has 0 aromatic heterocycles. The number of hydrogen-bond acceptors (Lipinski definition) is 5. The number of aromatic hydroxyl groups is 1. The predicted octanol–water partition coefficient (Wildman–Crippen LogP) is 4.91. The van der Waals surface area contributed by atoms with Gasteiger partial charge in [-0.2, -0.15) is 0 Å². The zero-order valence-corrected chi connectivity index (χ0v) is 16.9. The molecule has 0 atom stereocenters. The van der Waals surface area contributed by atoms with Crippen molar-refractivity contribution in [3.63, 3.8) is 0 Å². The third-order valence-corrected chi connectivity index (χ3v) is 4.28. The minimum Gasteiger partial charge on any atom is -0.508 e. The van der Waals surface area contributed by atoms with Gasteiger partial charge < -0.3 is 19.3 Å². The SMILES string of the molecule is COc1cc(/C=C/c2cc(O)c(CC=C(C)C)c(C=O)c2)cc(OC)c1OC. The molecule has 5 heteroatoms. The molecule has 2 rings (SSSR count). The average Bonchev–Trinajstić information content (AvgIpc) is 2.69. The average molecular weight is 382 g/mol. The highest BCUT2D eigenvalue weighted by Gasteiger charge is 2.12. The second kappa shape index (κ2) is 9.65. The smallest absolute Gasteiger partial charge is 0.203 e. The van der Waals surface area contributed by atoms with Crippen LogP contribution in [-0.4, -0.2) is 32.7 Å². The van der Waals surface area contributed by atoms with Gasteiger partial charge in [0.05, 0.1) is 21.3 Å². The first-order chi connectivity index (χ1) is 13.4. The Morgan fingerprint density at radius 3 is 1.96 bits per heavy atom. The van der Waals surface area contributed by atoms with Crippen molar-refractivity contribution in [2.24, 2.45) is 0 Å². The number of aldehydes is 1. The lowest BCUT2D eigenvalue weighted by Crippen LogP contribution is -1.95. The van der Waals surface area contributed by atoms with Crippen LogP contribution in [0.3, 0.4) is 0 Å². The van der Waals surface area contributed by atoms with E-state index in [0.29, 0.717) is 40.4 Å². The molecule has 0 radical (unpaired) electrons. The van der Waals surface area contributed by atoms with Crippen LogP contribution in [0.15, 0.2) is 35.9 Å². The van der Waals surface area contributed by atoms with Crippen molar-refractivity contribution < 1.29 is 24.1 Å². The highest BCUT2D eigenvalue weighted by atomic mass is 16.5. The molecule has 0 aliphatic rings. The van der Waals surface area contributed by atoms with Gasteiger partial charge in [-0.05, 0) is 55.7 Å². The van der Waals surface area contributed by atoms with Gasteiger partial charge in [-0.25, -0.2) is 0 Å². The molecule has 0 fully saturated rings. The van der Waals surface area contributed by atoms with Crippen LogP contribution in [0.2, 0.25) is 0 Å². The van der Waals surface area contributed by atoms with Crippen LogP contribution < -0.4 is 14.2 Å². The first-order valence-electron chi connectivity index (χ1n) is 8.86. The quantitative estimate of drug-likeness (QED) is 0.399. The number of allylic oxidation sites excluding steroid dienone is 2. The Morgan fingerprint density at radius 1 is 0.929 bits per heavy atom. The second-order valence-electron chi connectivity index (χ2n) is 6.50. The second-order valence-corrected chi connectivity index (χ2v) is 6.50. The van der Waals surface area contributed by atoms with Gasteiger partial charge in [0, 0.05) is 11.1 Å². The molecule has 0 aliphatic carbocycles. The Kier molecular flexibility index (Phi) is 7.27. The standard InChI is InChI=1S/C23H26O5/c1-15(2)6-9-19-18(14-24)10-16(11-20(19)25)7-8-17-12-21(26-3)23(28-5)22(13-17)27-4/h6-8,10-14,25H,9H2,1-5H3/b8-7+. The zero-order valence-electron chi connectivity index (χ0n) is 16.9. The van der Waals surface area contributed by atoms with E-state index in [9.17, 15) is 9.90 Å². The summed E-state index contributed by atoms with van der Waals surface area (Å²) in [5.41, 5.74) is 3.77. The van der Waals surface area contributed by atoms with Crippen molar-refractivity contribution in [1.29, 1.82) is 0 Å². The molecule has 5 nitrogen and oxygen atoms in total. The number of ether oxygens (including phenoxy) is 3. The Morgan fingerprint density at radius 2 is 1.50 bits per heavy atom. The van der Waals surface area contributed by atoms with E-state index in [1.165, 1.54) is 0 Å². The lowest BCUT2D eigenvalue weighted by molar-refractivity contribution is 0.112. The fourth-order valence-electron chi connectivity index (χ4n) is 2.82. The molecular formula is C23H26O5. The van der Waals surface area contributed by atoms with Crippen LogP contribution in [0.5, 0.6) is 23.0 Å². The number of methoxy groups -OCH3 is 3. The molecule has 0 amide bonds. The van der Waals surface area contributed by atoms with E-state index in [-0.39, 0.29) is 5.75 Å². The summed E-state index contributed by atoms with van der Waals surface area (Å²) in [6, 6.07) is 7.05. The number of hydrogen-bond donors (Lipinski definition) is 1. The molecule has 2 aromatic rings. The molecule has 0 aliphatic heterocycles. The zero-order chi connectivity index (χ0) is 20.7. The van der Waals surface area contributed by atoms with Crippen molar-refractivity contribution in [2.45, 2.75) is 20.3 Å². The number of carbonyl (C=O) groups is 1. The third kappa shape index (κ3) is 4.94. The number of phenolic OH excluding ortho intramolecular Hbond substituents is 1. The third-order valence-electron chi connectivity index (χ3n) is 4.28. The van der Waals surface area contributed by atoms with Crippen LogP contribution in [0.1, 0.15) is 40.9 Å². The normalized spacial score (nSPS) is 10.6. The lowest BCUT2D eigenvalue weighted by atomic mass is 9.99. The summed E-state index contributed by atoms with van der Waals surface area (Å²) in [7, 11) is 4.67. The minimum atomic E-state index is 0.103. The van der Waals surface area contributed by atoms with Crippen molar-refractivity contribution in [1.82, 2.24) is 0 Å². The molecule has 28 heavy (non-hydrogen) atoms. The monoisotopic (exact) mass is 382 g/mol. The summed E-state index contributed by atoms with van der Waals surface area (Å²) < 4.78 is 16.0. The van der Waals surface area contributed by atoms with E-state index in [0.717, 1.165) is 17.4 Å². The summed E-state index contributed by atoms with van der Waals surface area (Å²) >= 11 is 0. The summed E-state index contributed by atoms with van der Waals surface area (Å²) in [5, 5.41) is 10.4. The number of carbonyl (C=O) groups excluding carboxylic acids is 1. The maximum Gasteiger partial charge on any atom is 0.203 e. The van der Waals surface area contributed by atoms with Gasteiger partial charge in [-0.15, -0.1) is 0 Å². The Bertz CT molecular complexity index is 880.